The first kappa shape index (κ1) is 20.7. The van der Waals surface area contributed by atoms with Gasteiger partial charge in [0, 0.05) is 16.5 Å². The number of carbonyl (C=O) groups is 1. The van der Waals surface area contributed by atoms with E-state index in [0.29, 0.717) is 16.3 Å². The largest absolute Gasteiger partial charge is 0.298 e. The van der Waals surface area contributed by atoms with Gasteiger partial charge in [0.2, 0.25) is 10.0 Å². The highest BCUT2D eigenvalue weighted by atomic mass is 32.2. The van der Waals surface area contributed by atoms with Crippen LogP contribution in [0, 0.1) is 6.92 Å². The normalized spacial score (nSPS) is 12.1. The molecule has 1 aromatic carbocycles. The lowest BCUT2D eigenvalue weighted by atomic mass is 10.1. The summed E-state index contributed by atoms with van der Waals surface area (Å²) in [7, 11) is -3.73. The monoisotopic (exact) mass is 435 g/mol. The van der Waals surface area contributed by atoms with Gasteiger partial charge in [-0.05, 0) is 56.8 Å². The van der Waals surface area contributed by atoms with Crippen molar-refractivity contribution in [3.8, 4) is 10.6 Å². The predicted octanol–water partition coefficient (Wildman–Crippen LogP) is 4.51. The van der Waals surface area contributed by atoms with Crippen LogP contribution >= 0.6 is 22.7 Å². The van der Waals surface area contributed by atoms with Crippen LogP contribution in [0.5, 0.6) is 0 Å². The number of thiophene rings is 1. The Morgan fingerprint density at radius 1 is 1.14 bits per heavy atom. The summed E-state index contributed by atoms with van der Waals surface area (Å²) >= 11 is 2.90. The van der Waals surface area contributed by atoms with E-state index in [-0.39, 0.29) is 4.90 Å². The van der Waals surface area contributed by atoms with Crippen molar-refractivity contribution >= 4 is 43.7 Å². The van der Waals surface area contributed by atoms with Gasteiger partial charge in [0.1, 0.15) is 0 Å². The molecular formula is C19H21N3O3S3. The van der Waals surface area contributed by atoms with E-state index in [1.807, 2.05) is 22.9 Å². The molecule has 0 aliphatic carbocycles. The Bertz CT molecular complexity index is 1100. The highest BCUT2D eigenvalue weighted by Crippen LogP contribution is 2.28. The fourth-order valence-electron chi connectivity index (χ4n) is 2.51. The molecular weight excluding hydrogens is 414 g/mol. The number of thiazole rings is 1. The third-order valence-electron chi connectivity index (χ3n) is 3.70. The molecule has 0 radical (unpaired) electrons. The summed E-state index contributed by atoms with van der Waals surface area (Å²) in [6.45, 7) is 7.06. The van der Waals surface area contributed by atoms with Crippen molar-refractivity contribution in [1.82, 2.24) is 9.71 Å². The number of carbonyl (C=O) groups excluding carboxylic acids is 1. The summed E-state index contributed by atoms with van der Waals surface area (Å²) in [5, 5.41) is 7.08. The summed E-state index contributed by atoms with van der Waals surface area (Å²) in [6, 6.07) is 8.43. The molecule has 6 nitrogen and oxygen atoms in total. The topological polar surface area (TPSA) is 88.2 Å². The summed E-state index contributed by atoms with van der Waals surface area (Å²) in [6.07, 6.45) is 0. The minimum absolute atomic E-state index is 0.0524. The number of aromatic nitrogens is 1. The number of rotatable bonds is 5. The highest BCUT2D eigenvalue weighted by Gasteiger charge is 2.23. The smallest absolute Gasteiger partial charge is 0.257 e. The Kier molecular flexibility index (Phi) is 5.72. The Balaban J connectivity index is 1.84. The van der Waals surface area contributed by atoms with Gasteiger partial charge in [-0.15, -0.1) is 22.7 Å². The number of aryl methyl sites for hydroxylation is 1. The van der Waals surface area contributed by atoms with E-state index in [2.05, 4.69) is 15.0 Å². The number of sulfonamides is 1. The Morgan fingerprint density at radius 2 is 1.89 bits per heavy atom. The lowest BCUT2D eigenvalue weighted by molar-refractivity contribution is 0.102. The minimum atomic E-state index is -3.73. The molecule has 0 saturated carbocycles. The van der Waals surface area contributed by atoms with Crippen LogP contribution in [0.2, 0.25) is 0 Å². The number of nitrogens with one attached hydrogen (secondary N) is 2. The molecule has 2 N–H and O–H groups in total. The number of nitrogens with zero attached hydrogens (tertiary/aromatic N) is 1. The summed E-state index contributed by atoms with van der Waals surface area (Å²) in [5.74, 6) is -0.391. The summed E-state index contributed by atoms with van der Waals surface area (Å²) in [4.78, 5) is 18.2. The van der Waals surface area contributed by atoms with Crippen molar-refractivity contribution in [2.24, 2.45) is 0 Å². The predicted molar refractivity (Wildman–Crippen MR) is 115 cm³/mol. The molecule has 2 aromatic heterocycles. The van der Waals surface area contributed by atoms with Gasteiger partial charge < -0.3 is 0 Å². The average Bonchev–Trinajstić information content (AvgIpc) is 3.23. The van der Waals surface area contributed by atoms with Gasteiger partial charge in [-0.25, -0.2) is 18.1 Å². The molecule has 9 heteroatoms. The van der Waals surface area contributed by atoms with Crippen molar-refractivity contribution in [2.45, 2.75) is 38.1 Å². The maximum absolute atomic E-state index is 12.7. The number of hydrogen-bond donors (Lipinski definition) is 2. The number of benzene rings is 1. The van der Waals surface area contributed by atoms with Crippen molar-refractivity contribution in [3.05, 3.63) is 52.2 Å². The molecule has 0 spiro atoms. The fourth-order valence-corrected chi connectivity index (χ4v) is 5.42. The molecule has 0 fully saturated rings. The molecule has 0 saturated heterocycles. The first-order valence-electron chi connectivity index (χ1n) is 8.50. The number of amides is 1. The first-order valence-corrected chi connectivity index (χ1v) is 11.7. The van der Waals surface area contributed by atoms with Crippen molar-refractivity contribution < 1.29 is 13.2 Å². The molecule has 148 valence electrons. The second-order valence-corrected chi connectivity index (χ2v) is 10.8. The Labute approximate surface area is 172 Å². The van der Waals surface area contributed by atoms with E-state index in [0.717, 1.165) is 10.6 Å². The van der Waals surface area contributed by atoms with Crippen LogP contribution in [0.15, 0.2) is 46.0 Å². The van der Waals surface area contributed by atoms with Crippen LogP contribution in [0.3, 0.4) is 0 Å². The van der Waals surface area contributed by atoms with Gasteiger partial charge in [-0.3, -0.25) is 10.1 Å². The molecule has 3 rings (SSSR count). The third-order valence-corrected chi connectivity index (χ3v) is 7.11. The highest BCUT2D eigenvalue weighted by molar-refractivity contribution is 7.89. The molecule has 1 amide bonds. The number of anilines is 1. The van der Waals surface area contributed by atoms with Crippen molar-refractivity contribution in [1.29, 1.82) is 0 Å². The summed E-state index contributed by atoms with van der Waals surface area (Å²) < 4.78 is 27.7. The van der Waals surface area contributed by atoms with Gasteiger partial charge in [0.05, 0.1) is 15.5 Å². The van der Waals surface area contributed by atoms with E-state index in [1.165, 1.54) is 23.5 Å². The zero-order chi connectivity index (χ0) is 20.5. The minimum Gasteiger partial charge on any atom is -0.298 e. The second kappa shape index (κ2) is 7.75. The van der Waals surface area contributed by atoms with Crippen LogP contribution in [-0.4, -0.2) is 24.8 Å². The maximum atomic E-state index is 12.7. The van der Waals surface area contributed by atoms with Gasteiger partial charge in [0.15, 0.2) is 5.13 Å². The van der Waals surface area contributed by atoms with Crippen molar-refractivity contribution in [2.75, 3.05) is 5.32 Å². The standard InChI is InChI=1S/C19H21N3O3S3/c1-12-7-8-13(28(24,25)22-19(2,3)4)10-14(12)17(23)21-18-20-15(11-27-18)16-6-5-9-26-16/h5-11,22H,1-4H3,(H,20,21,23). The van der Waals surface area contributed by atoms with Gasteiger partial charge in [-0.1, -0.05) is 12.1 Å². The average molecular weight is 436 g/mol. The van der Waals surface area contributed by atoms with Crippen LogP contribution in [0.1, 0.15) is 36.7 Å². The molecule has 3 aromatic rings. The van der Waals surface area contributed by atoms with Crippen LogP contribution in [0.4, 0.5) is 5.13 Å². The lowest BCUT2D eigenvalue weighted by Gasteiger charge is -2.20. The molecule has 0 aliphatic rings. The molecule has 0 atom stereocenters. The molecule has 28 heavy (non-hydrogen) atoms. The SMILES string of the molecule is Cc1ccc(S(=O)(=O)NC(C)(C)C)cc1C(=O)Nc1nc(-c2cccs2)cs1. The van der Waals surface area contributed by atoms with Crippen molar-refractivity contribution in [3.63, 3.8) is 0 Å². The van der Waals surface area contributed by atoms with Crippen LogP contribution < -0.4 is 10.0 Å². The zero-order valence-corrected chi connectivity index (χ0v) is 18.4. The summed E-state index contributed by atoms with van der Waals surface area (Å²) in [5.41, 5.74) is 1.16. The first-order chi connectivity index (χ1) is 13.0. The van der Waals surface area contributed by atoms with E-state index in [1.54, 1.807) is 45.1 Å². The zero-order valence-electron chi connectivity index (χ0n) is 15.9. The van der Waals surface area contributed by atoms with Gasteiger partial charge >= 0.3 is 0 Å². The fraction of sp³-hybridized carbons (Fsp3) is 0.263. The molecule has 0 unspecified atom stereocenters. The third kappa shape index (κ3) is 4.85. The maximum Gasteiger partial charge on any atom is 0.257 e. The second-order valence-electron chi connectivity index (χ2n) is 7.30. The Hall–Kier alpha value is -2.07. The van der Waals surface area contributed by atoms with Crippen LogP contribution in [-0.2, 0) is 10.0 Å². The van der Waals surface area contributed by atoms with Gasteiger partial charge in [-0.2, -0.15) is 0 Å². The number of hydrogen-bond acceptors (Lipinski definition) is 6. The van der Waals surface area contributed by atoms with E-state index < -0.39 is 21.5 Å². The molecule has 0 bridgehead atoms. The lowest BCUT2D eigenvalue weighted by Crippen LogP contribution is -2.40. The quantitative estimate of drug-likeness (QED) is 0.617. The van der Waals surface area contributed by atoms with E-state index in [4.69, 9.17) is 0 Å². The van der Waals surface area contributed by atoms with E-state index >= 15 is 0 Å². The molecule has 0 aliphatic heterocycles. The van der Waals surface area contributed by atoms with Crippen LogP contribution in [0.25, 0.3) is 10.6 Å². The van der Waals surface area contributed by atoms with E-state index in [9.17, 15) is 13.2 Å². The molecule has 2 heterocycles. The Morgan fingerprint density at radius 3 is 2.54 bits per heavy atom. The van der Waals surface area contributed by atoms with Gasteiger partial charge in [0.25, 0.3) is 5.91 Å².